The summed E-state index contributed by atoms with van der Waals surface area (Å²) in [6.45, 7) is 8.88. The van der Waals surface area contributed by atoms with Crippen LogP contribution in [-0.4, -0.2) is 40.6 Å². The van der Waals surface area contributed by atoms with Crippen molar-refractivity contribution in [3.63, 3.8) is 0 Å². The van der Waals surface area contributed by atoms with Crippen LogP contribution in [0.1, 0.15) is 75.3 Å². The molecule has 1 aliphatic rings. The summed E-state index contributed by atoms with van der Waals surface area (Å²) in [4.78, 5) is 34.4. The van der Waals surface area contributed by atoms with Gasteiger partial charge in [0.2, 0.25) is 0 Å². The molecule has 1 unspecified atom stereocenters. The highest BCUT2D eigenvalue weighted by Gasteiger charge is 2.35. The maximum atomic E-state index is 13.2. The maximum Gasteiger partial charge on any atom is 0.416 e. The van der Waals surface area contributed by atoms with E-state index in [0.29, 0.717) is 24.5 Å². The highest BCUT2D eigenvalue weighted by molar-refractivity contribution is 5.95. The molecule has 0 radical (unpaired) electrons. The van der Waals surface area contributed by atoms with Crippen molar-refractivity contribution in [2.24, 2.45) is 0 Å². The Kier molecular flexibility index (Phi) is 7.31. The molecule has 1 aromatic heterocycles. The van der Waals surface area contributed by atoms with Gasteiger partial charge in [-0.2, -0.15) is 0 Å². The van der Waals surface area contributed by atoms with Crippen LogP contribution in [0, 0.1) is 0 Å². The number of carbonyl (C=O) groups excluding carboxylic acids is 2. The van der Waals surface area contributed by atoms with Crippen LogP contribution in [0.5, 0.6) is 0 Å². The zero-order valence-corrected chi connectivity index (χ0v) is 19.0. The van der Waals surface area contributed by atoms with E-state index in [4.69, 9.17) is 4.74 Å². The Bertz CT molecular complexity index is 892. The van der Waals surface area contributed by atoms with Gasteiger partial charge in [0.25, 0.3) is 5.91 Å². The minimum atomic E-state index is -0.598. The molecule has 0 spiro atoms. The summed E-state index contributed by atoms with van der Waals surface area (Å²) in [5.74, 6) is 0.596. The lowest BCUT2D eigenvalue weighted by Gasteiger charge is -2.31. The molecule has 1 aliphatic heterocycles. The molecule has 31 heavy (non-hydrogen) atoms. The molecule has 2 heterocycles. The Balaban J connectivity index is 1.94. The average molecular weight is 424 g/mol. The lowest BCUT2D eigenvalue weighted by atomic mass is 10.0. The first-order valence-corrected chi connectivity index (χ1v) is 11.1. The van der Waals surface area contributed by atoms with Crippen LogP contribution < -0.4 is 4.90 Å². The molecule has 1 atom stereocenters. The quantitative estimate of drug-likeness (QED) is 0.607. The molecule has 3 rings (SSSR count). The number of hydrogen-bond acceptors (Lipinski definition) is 4. The third kappa shape index (κ3) is 5.63. The van der Waals surface area contributed by atoms with Crippen LogP contribution in [0.25, 0.3) is 0 Å². The molecule has 6 nitrogen and oxygen atoms in total. The van der Waals surface area contributed by atoms with Gasteiger partial charge in [-0.3, -0.25) is 9.69 Å². The zero-order chi connectivity index (χ0) is 22.4. The van der Waals surface area contributed by atoms with Crippen molar-refractivity contribution in [1.82, 2.24) is 9.88 Å². The van der Waals surface area contributed by atoms with E-state index in [-0.39, 0.29) is 11.9 Å². The number of unbranched alkanes of at least 4 members (excludes halogenated alkanes) is 1. The van der Waals surface area contributed by atoms with Crippen molar-refractivity contribution in [3.05, 3.63) is 59.8 Å². The molecule has 1 saturated heterocycles. The Morgan fingerprint density at radius 1 is 1.16 bits per heavy atom. The van der Waals surface area contributed by atoms with Crippen LogP contribution in [0.2, 0.25) is 0 Å². The summed E-state index contributed by atoms with van der Waals surface area (Å²) in [7, 11) is 0. The van der Waals surface area contributed by atoms with Crippen molar-refractivity contribution in [2.45, 2.75) is 65.0 Å². The Labute approximate surface area is 185 Å². The molecule has 2 aromatic rings. The predicted octanol–water partition coefficient (Wildman–Crippen LogP) is 5.60. The van der Waals surface area contributed by atoms with Crippen LogP contribution in [0.15, 0.2) is 48.7 Å². The SMILES string of the molecule is CCCCN(C(=O)OC(C)(C)C)c1ncccc1C1CCCN1C(=O)c1ccccc1. The zero-order valence-electron chi connectivity index (χ0n) is 19.0. The minimum Gasteiger partial charge on any atom is -0.443 e. The number of hydrogen-bond donors (Lipinski definition) is 0. The molecule has 166 valence electrons. The third-order valence-electron chi connectivity index (χ3n) is 5.32. The first kappa shape index (κ1) is 22.8. The second-order valence-electron chi connectivity index (χ2n) is 8.92. The van der Waals surface area contributed by atoms with Crippen molar-refractivity contribution in [1.29, 1.82) is 0 Å². The Hall–Kier alpha value is -2.89. The summed E-state index contributed by atoms with van der Waals surface area (Å²) in [6, 6.07) is 13.1. The van der Waals surface area contributed by atoms with E-state index in [0.717, 1.165) is 31.2 Å². The van der Waals surface area contributed by atoms with Gasteiger partial charge in [-0.05, 0) is 58.2 Å². The van der Waals surface area contributed by atoms with Gasteiger partial charge < -0.3 is 9.64 Å². The van der Waals surface area contributed by atoms with Crippen LogP contribution in [0.4, 0.5) is 10.6 Å². The van der Waals surface area contributed by atoms with Crippen molar-refractivity contribution < 1.29 is 14.3 Å². The molecule has 1 aromatic carbocycles. The number of carbonyl (C=O) groups is 2. The number of benzene rings is 1. The number of likely N-dealkylation sites (tertiary alicyclic amines) is 1. The molecular weight excluding hydrogens is 390 g/mol. The molecular formula is C25H33N3O3. The van der Waals surface area contributed by atoms with Gasteiger partial charge in [-0.1, -0.05) is 37.6 Å². The summed E-state index contributed by atoms with van der Waals surface area (Å²) in [5, 5.41) is 0. The molecule has 0 N–H and O–H groups in total. The number of ether oxygens (including phenoxy) is 1. The highest BCUT2D eigenvalue weighted by atomic mass is 16.6. The van der Waals surface area contributed by atoms with Gasteiger partial charge in [-0.25, -0.2) is 9.78 Å². The van der Waals surface area contributed by atoms with Crippen molar-refractivity contribution >= 4 is 17.8 Å². The monoisotopic (exact) mass is 423 g/mol. The summed E-state index contributed by atoms with van der Waals surface area (Å²) >= 11 is 0. The van der Waals surface area contributed by atoms with E-state index in [1.165, 1.54) is 0 Å². The molecule has 0 saturated carbocycles. The van der Waals surface area contributed by atoms with Gasteiger partial charge in [-0.15, -0.1) is 0 Å². The molecule has 0 aliphatic carbocycles. The molecule has 2 amide bonds. The number of pyridine rings is 1. The lowest BCUT2D eigenvalue weighted by molar-refractivity contribution is 0.0578. The number of nitrogens with zero attached hydrogens (tertiary/aromatic N) is 3. The minimum absolute atomic E-state index is 0.00952. The fourth-order valence-electron chi connectivity index (χ4n) is 3.89. The smallest absolute Gasteiger partial charge is 0.416 e. The van der Waals surface area contributed by atoms with Gasteiger partial charge >= 0.3 is 6.09 Å². The van der Waals surface area contributed by atoms with Gasteiger partial charge in [0, 0.05) is 30.4 Å². The summed E-state index contributed by atoms with van der Waals surface area (Å²) < 4.78 is 5.68. The van der Waals surface area contributed by atoms with E-state index in [1.54, 1.807) is 11.1 Å². The summed E-state index contributed by atoms with van der Waals surface area (Å²) in [6.07, 6.45) is 4.84. The normalized spacial score (nSPS) is 16.3. The molecule has 0 bridgehead atoms. The van der Waals surface area contributed by atoms with E-state index in [2.05, 4.69) is 11.9 Å². The van der Waals surface area contributed by atoms with Gasteiger partial charge in [0.1, 0.15) is 11.4 Å². The predicted molar refractivity (Wildman–Crippen MR) is 122 cm³/mol. The van der Waals surface area contributed by atoms with E-state index in [1.807, 2.05) is 68.1 Å². The fraction of sp³-hybridized carbons (Fsp3) is 0.480. The van der Waals surface area contributed by atoms with Gasteiger partial charge in [0.05, 0.1) is 6.04 Å². The standard InChI is InChI=1S/C25H33N3O3/c1-5-6-17-28(24(30)31-25(2,3)4)22-20(14-10-16-26-22)21-15-11-18-27(21)23(29)19-12-8-7-9-13-19/h7-10,12-14,16,21H,5-6,11,15,17-18H2,1-4H3. The van der Waals surface area contributed by atoms with Crippen LogP contribution in [-0.2, 0) is 4.74 Å². The number of anilines is 1. The van der Waals surface area contributed by atoms with Crippen LogP contribution >= 0.6 is 0 Å². The first-order valence-electron chi connectivity index (χ1n) is 11.1. The number of aromatic nitrogens is 1. The highest BCUT2D eigenvalue weighted by Crippen LogP contribution is 2.37. The van der Waals surface area contributed by atoms with E-state index < -0.39 is 11.7 Å². The largest absolute Gasteiger partial charge is 0.443 e. The summed E-state index contributed by atoms with van der Waals surface area (Å²) in [5.41, 5.74) is 0.972. The average Bonchev–Trinajstić information content (AvgIpc) is 3.23. The van der Waals surface area contributed by atoms with E-state index >= 15 is 0 Å². The first-order chi connectivity index (χ1) is 14.8. The van der Waals surface area contributed by atoms with Crippen molar-refractivity contribution in [3.8, 4) is 0 Å². The maximum absolute atomic E-state index is 13.2. The van der Waals surface area contributed by atoms with Crippen LogP contribution in [0.3, 0.4) is 0 Å². The van der Waals surface area contributed by atoms with Gasteiger partial charge in [0.15, 0.2) is 0 Å². The second kappa shape index (κ2) is 9.94. The lowest BCUT2D eigenvalue weighted by Crippen LogP contribution is -2.39. The second-order valence-corrected chi connectivity index (χ2v) is 8.92. The Morgan fingerprint density at radius 3 is 2.58 bits per heavy atom. The number of amides is 2. The van der Waals surface area contributed by atoms with Crippen molar-refractivity contribution in [2.75, 3.05) is 18.0 Å². The molecule has 1 fully saturated rings. The van der Waals surface area contributed by atoms with E-state index in [9.17, 15) is 9.59 Å². The fourth-order valence-corrected chi connectivity index (χ4v) is 3.89. The topological polar surface area (TPSA) is 62.7 Å². The molecule has 6 heteroatoms. The number of rotatable bonds is 6. The third-order valence-corrected chi connectivity index (χ3v) is 5.32. The Morgan fingerprint density at radius 2 is 1.90 bits per heavy atom.